The largest absolute Gasteiger partial charge is 0.486 e. The van der Waals surface area contributed by atoms with Crippen LogP contribution in [0.3, 0.4) is 0 Å². The summed E-state index contributed by atoms with van der Waals surface area (Å²) in [5.41, 5.74) is 2.70. The molecule has 1 aliphatic rings. The van der Waals surface area contributed by atoms with E-state index in [9.17, 15) is 4.79 Å². The van der Waals surface area contributed by atoms with Crippen LogP contribution in [0.15, 0.2) is 59.9 Å². The number of nitrogens with zero attached hydrogens (tertiary/aromatic N) is 5. The van der Waals surface area contributed by atoms with Gasteiger partial charge in [-0.1, -0.05) is 17.8 Å². The van der Waals surface area contributed by atoms with Gasteiger partial charge in [0.05, 0.1) is 11.4 Å². The number of nitrogens with one attached hydrogen (secondary N) is 1. The van der Waals surface area contributed by atoms with Crippen molar-refractivity contribution in [1.82, 2.24) is 24.8 Å². The first kappa shape index (κ1) is 18.4. The molecule has 4 aromatic rings. The predicted molar refractivity (Wildman–Crippen MR) is 111 cm³/mol. The Morgan fingerprint density at radius 3 is 2.80 bits per heavy atom. The molecule has 150 valence electrons. The lowest BCUT2D eigenvalue weighted by atomic mass is 10.2. The van der Waals surface area contributed by atoms with E-state index in [1.165, 1.54) is 11.8 Å². The van der Waals surface area contributed by atoms with Gasteiger partial charge in [0.25, 0.3) is 0 Å². The maximum atomic E-state index is 12.4. The number of hydrogen-bond donors (Lipinski definition) is 1. The van der Waals surface area contributed by atoms with Gasteiger partial charge in [-0.25, -0.2) is 0 Å². The summed E-state index contributed by atoms with van der Waals surface area (Å²) < 4.78 is 12.7. The Balaban J connectivity index is 1.28. The van der Waals surface area contributed by atoms with Gasteiger partial charge in [0, 0.05) is 18.0 Å². The van der Waals surface area contributed by atoms with E-state index in [2.05, 4.69) is 25.6 Å². The minimum absolute atomic E-state index is 0.157. The molecule has 0 fully saturated rings. The molecule has 0 saturated heterocycles. The summed E-state index contributed by atoms with van der Waals surface area (Å²) in [6, 6.07) is 14.6. The molecule has 3 aromatic heterocycles. The van der Waals surface area contributed by atoms with E-state index in [0.717, 1.165) is 5.69 Å². The van der Waals surface area contributed by atoms with E-state index >= 15 is 0 Å². The van der Waals surface area contributed by atoms with Gasteiger partial charge in [-0.15, -0.1) is 10.2 Å². The van der Waals surface area contributed by atoms with Crippen LogP contribution in [-0.2, 0) is 4.79 Å². The fourth-order valence-electron chi connectivity index (χ4n) is 2.96. The van der Waals surface area contributed by atoms with Gasteiger partial charge in [-0.2, -0.15) is 9.61 Å². The number of fused-ring (bicyclic) bond motifs is 2. The van der Waals surface area contributed by atoms with Gasteiger partial charge >= 0.3 is 0 Å². The maximum Gasteiger partial charge on any atom is 0.234 e. The van der Waals surface area contributed by atoms with Crippen molar-refractivity contribution in [3.05, 3.63) is 54.7 Å². The molecule has 0 saturated carbocycles. The quantitative estimate of drug-likeness (QED) is 0.492. The molecule has 4 heterocycles. The van der Waals surface area contributed by atoms with Crippen LogP contribution in [0.4, 0.5) is 5.69 Å². The Hall–Kier alpha value is -3.66. The van der Waals surface area contributed by atoms with Gasteiger partial charge in [0.2, 0.25) is 11.1 Å². The first-order chi connectivity index (χ1) is 14.8. The summed E-state index contributed by atoms with van der Waals surface area (Å²) in [7, 11) is 0. The molecular formula is C20H16N6O3S. The molecule has 9 nitrogen and oxygen atoms in total. The summed E-state index contributed by atoms with van der Waals surface area (Å²) >= 11 is 1.26. The zero-order chi connectivity index (χ0) is 20.3. The first-order valence-corrected chi connectivity index (χ1v) is 10.2. The number of carbonyl (C=O) groups is 1. The smallest absolute Gasteiger partial charge is 0.234 e. The van der Waals surface area contributed by atoms with Crippen molar-refractivity contribution < 1.29 is 14.3 Å². The molecule has 10 heteroatoms. The van der Waals surface area contributed by atoms with Crippen LogP contribution in [-0.4, -0.2) is 49.7 Å². The van der Waals surface area contributed by atoms with Crippen LogP contribution >= 0.6 is 11.8 Å². The standard InChI is InChI=1S/C20H16N6O3S/c27-19(22-13-4-6-16-17(11-13)29-10-9-28-16)12-30-20-24-23-18-7-5-15(25-26(18)20)14-3-1-2-8-21-14/h1-8,11H,9-10,12H2,(H,22,27). The Labute approximate surface area is 175 Å². The number of amides is 1. The number of thioether (sulfide) groups is 1. The molecule has 1 N–H and O–H groups in total. The monoisotopic (exact) mass is 420 g/mol. The summed E-state index contributed by atoms with van der Waals surface area (Å²) in [6.45, 7) is 1.02. The van der Waals surface area contributed by atoms with Gasteiger partial charge in [-0.05, 0) is 36.4 Å². The van der Waals surface area contributed by atoms with Crippen molar-refractivity contribution in [2.75, 3.05) is 24.3 Å². The van der Waals surface area contributed by atoms with Crippen LogP contribution < -0.4 is 14.8 Å². The highest BCUT2D eigenvalue weighted by atomic mass is 32.2. The molecule has 0 bridgehead atoms. The molecule has 0 spiro atoms. The number of hydrogen-bond acceptors (Lipinski definition) is 8. The topological polar surface area (TPSA) is 104 Å². The molecule has 0 unspecified atom stereocenters. The first-order valence-electron chi connectivity index (χ1n) is 9.22. The average molecular weight is 420 g/mol. The van der Waals surface area contributed by atoms with Crippen molar-refractivity contribution in [3.63, 3.8) is 0 Å². The third kappa shape index (κ3) is 3.77. The minimum Gasteiger partial charge on any atom is -0.486 e. The highest BCUT2D eigenvalue weighted by molar-refractivity contribution is 7.99. The second-order valence-corrected chi connectivity index (χ2v) is 7.32. The number of anilines is 1. The Morgan fingerprint density at radius 2 is 1.93 bits per heavy atom. The minimum atomic E-state index is -0.172. The normalized spacial score (nSPS) is 12.7. The van der Waals surface area contributed by atoms with E-state index in [0.29, 0.717) is 46.9 Å². The van der Waals surface area contributed by atoms with E-state index in [-0.39, 0.29) is 11.7 Å². The van der Waals surface area contributed by atoms with Crippen molar-refractivity contribution in [3.8, 4) is 22.9 Å². The van der Waals surface area contributed by atoms with Crippen molar-refractivity contribution >= 4 is 29.0 Å². The van der Waals surface area contributed by atoms with Gasteiger partial charge in [0.1, 0.15) is 18.9 Å². The van der Waals surface area contributed by atoms with Crippen LogP contribution in [0.1, 0.15) is 0 Å². The number of rotatable bonds is 5. The second kappa shape index (κ2) is 7.99. The number of ether oxygens (including phenoxy) is 2. The number of benzene rings is 1. The predicted octanol–water partition coefficient (Wildman–Crippen LogP) is 2.69. The van der Waals surface area contributed by atoms with Crippen molar-refractivity contribution in [2.45, 2.75) is 5.16 Å². The van der Waals surface area contributed by atoms with Gasteiger partial charge in [-0.3, -0.25) is 9.78 Å². The lowest BCUT2D eigenvalue weighted by Gasteiger charge is -2.18. The maximum absolute atomic E-state index is 12.4. The number of pyridine rings is 1. The number of aromatic nitrogens is 5. The van der Waals surface area contributed by atoms with Crippen LogP contribution in [0, 0.1) is 0 Å². The molecule has 0 aliphatic carbocycles. The molecule has 30 heavy (non-hydrogen) atoms. The zero-order valence-corrected chi connectivity index (χ0v) is 16.5. The molecule has 0 atom stereocenters. The summed E-state index contributed by atoms with van der Waals surface area (Å²) in [5.74, 6) is 1.29. The van der Waals surface area contributed by atoms with Crippen LogP contribution in [0.5, 0.6) is 11.5 Å². The highest BCUT2D eigenvalue weighted by Crippen LogP contribution is 2.32. The molecule has 0 radical (unpaired) electrons. The van der Waals surface area contributed by atoms with Gasteiger partial charge in [0.15, 0.2) is 17.1 Å². The van der Waals surface area contributed by atoms with Crippen LogP contribution in [0.2, 0.25) is 0 Å². The van der Waals surface area contributed by atoms with E-state index < -0.39 is 0 Å². The Bertz CT molecular complexity index is 1210. The molecule has 5 rings (SSSR count). The van der Waals surface area contributed by atoms with Gasteiger partial charge < -0.3 is 14.8 Å². The summed E-state index contributed by atoms with van der Waals surface area (Å²) in [4.78, 5) is 16.7. The number of carbonyl (C=O) groups excluding carboxylic acids is 1. The third-order valence-electron chi connectivity index (χ3n) is 4.32. The molecule has 1 aliphatic heterocycles. The van der Waals surface area contributed by atoms with Crippen molar-refractivity contribution in [1.29, 1.82) is 0 Å². The molecule has 1 aromatic carbocycles. The third-order valence-corrected chi connectivity index (χ3v) is 5.24. The molecule has 1 amide bonds. The van der Waals surface area contributed by atoms with E-state index in [1.54, 1.807) is 28.9 Å². The van der Waals surface area contributed by atoms with E-state index in [1.807, 2.05) is 30.3 Å². The summed E-state index contributed by atoms with van der Waals surface area (Å²) in [5, 5.41) is 16.2. The molecular weight excluding hydrogens is 404 g/mol. The fraction of sp³-hybridized carbons (Fsp3) is 0.150. The Kier molecular flexibility index (Phi) is 4.89. The lowest BCUT2D eigenvalue weighted by molar-refractivity contribution is -0.113. The fourth-order valence-corrected chi connectivity index (χ4v) is 3.65. The summed E-state index contributed by atoms with van der Waals surface area (Å²) in [6.07, 6.45) is 1.71. The highest BCUT2D eigenvalue weighted by Gasteiger charge is 2.15. The lowest BCUT2D eigenvalue weighted by Crippen LogP contribution is -2.17. The van der Waals surface area contributed by atoms with Crippen molar-refractivity contribution in [2.24, 2.45) is 0 Å². The van der Waals surface area contributed by atoms with Crippen LogP contribution in [0.25, 0.3) is 17.0 Å². The average Bonchev–Trinajstić information content (AvgIpc) is 3.20. The SMILES string of the molecule is O=C(CSc1nnc2ccc(-c3ccccn3)nn12)Nc1ccc2c(c1)OCCO2. The Morgan fingerprint density at radius 1 is 1.03 bits per heavy atom. The second-order valence-electron chi connectivity index (χ2n) is 6.38. The van der Waals surface area contributed by atoms with E-state index in [4.69, 9.17) is 9.47 Å². The zero-order valence-electron chi connectivity index (χ0n) is 15.7.